The Labute approximate surface area is 137 Å². The molecule has 0 bridgehead atoms. The molecule has 0 aromatic rings. The predicted molar refractivity (Wildman–Crippen MR) is 92.1 cm³/mol. The fraction of sp³-hybridized carbons (Fsp3) is 0.944. The maximum atomic E-state index is 12.0. The molecule has 0 aromatic carbocycles. The lowest BCUT2D eigenvalue weighted by atomic mass is 10.0. The number of carbonyl (C=O) groups excluding carboxylic acids is 1. The standard InChI is InChI=1S/C18H36N2O2/c1-14(2)7-8-15(3)19-11-9-16-10-12-20(13-16)17(21)22-18(4,5)6/h14-16,19H,7-13H2,1-6H3. The lowest BCUT2D eigenvalue weighted by Gasteiger charge is -2.24. The Morgan fingerprint density at radius 1 is 1.27 bits per heavy atom. The summed E-state index contributed by atoms with van der Waals surface area (Å²) in [5, 5.41) is 3.61. The highest BCUT2D eigenvalue weighted by Crippen LogP contribution is 2.21. The lowest BCUT2D eigenvalue weighted by molar-refractivity contribution is 0.0287. The zero-order valence-corrected chi connectivity index (χ0v) is 15.4. The molecule has 2 atom stereocenters. The van der Waals surface area contributed by atoms with Crippen LogP contribution >= 0.6 is 0 Å². The van der Waals surface area contributed by atoms with Crippen LogP contribution in [0.3, 0.4) is 0 Å². The van der Waals surface area contributed by atoms with E-state index in [-0.39, 0.29) is 6.09 Å². The molecule has 1 aliphatic heterocycles. The first-order valence-electron chi connectivity index (χ1n) is 8.88. The van der Waals surface area contributed by atoms with Crippen molar-refractivity contribution >= 4 is 6.09 Å². The maximum absolute atomic E-state index is 12.0. The van der Waals surface area contributed by atoms with Gasteiger partial charge >= 0.3 is 6.09 Å². The van der Waals surface area contributed by atoms with Crippen molar-refractivity contribution in [1.29, 1.82) is 0 Å². The van der Waals surface area contributed by atoms with E-state index in [1.165, 1.54) is 12.8 Å². The van der Waals surface area contributed by atoms with Gasteiger partial charge in [0, 0.05) is 19.1 Å². The van der Waals surface area contributed by atoms with E-state index in [1.54, 1.807) is 0 Å². The number of nitrogens with one attached hydrogen (secondary N) is 1. The van der Waals surface area contributed by atoms with Gasteiger partial charge in [0.2, 0.25) is 0 Å². The summed E-state index contributed by atoms with van der Waals surface area (Å²) < 4.78 is 5.44. The Morgan fingerprint density at radius 2 is 1.95 bits per heavy atom. The molecule has 1 heterocycles. The Hall–Kier alpha value is -0.770. The monoisotopic (exact) mass is 312 g/mol. The van der Waals surface area contributed by atoms with E-state index in [1.807, 2.05) is 25.7 Å². The number of ether oxygens (including phenoxy) is 1. The first-order chi connectivity index (χ1) is 10.2. The summed E-state index contributed by atoms with van der Waals surface area (Å²) in [7, 11) is 0. The Bertz CT molecular complexity index is 336. The minimum absolute atomic E-state index is 0.159. The van der Waals surface area contributed by atoms with Gasteiger partial charge in [-0.3, -0.25) is 0 Å². The third-order valence-corrected chi connectivity index (χ3v) is 4.16. The molecule has 2 unspecified atom stereocenters. The number of rotatable bonds is 7. The fourth-order valence-corrected chi connectivity index (χ4v) is 2.78. The zero-order chi connectivity index (χ0) is 16.8. The molecule has 0 radical (unpaired) electrons. The van der Waals surface area contributed by atoms with Gasteiger partial charge in [0.1, 0.15) is 5.60 Å². The van der Waals surface area contributed by atoms with E-state index in [9.17, 15) is 4.79 Å². The third kappa shape index (κ3) is 8.02. The third-order valence-electron chi connectivity index (χ3n) is 4.16. The van der Waals surface area contributed by atoms with Crippen molar-refractivity contribution in [2.45, 2.75) is 78.9 Å². The number of hydrogen-bond acceptors (Lipinski definition) is 3. The zero-order valence-electron chi connectivity index (χ0n) is 15.4. The molecule has 1 rings (SSSR count). The summed E-state index contributed by atoms with van der Waals surface area (Å²) in [6.45, 7) is 15.3. The van der Waals surface area contributed by atoms with Crippen LogP contribution < -0.4 is 5.32 Å². The second-order valence-corrected chi connectivity index (χ2v) is 8.20. The van der Waals surface area contributed by atoms with Crippen molar-refractivity contribution in [3.8, 4) is 0 Å². The first-order valence-corrected chi connectivity index (χ1v) is 8.88. The first kappa shape index (κ1) is 19.3. The van der Waals surface area contributed by atoms with Gasteiger partial charge in [0.15, 0.2) is 0 Å². The molecule has 130 valence electrons. The van der Waals surface area contributed by atoms with Crippen LogP contribution in [0.1, 0.15) is 67.2 Å². The van der Waals surface area contributed by atoms with Gasteiger partial charge in [0.05, 0.1) is 0 Å². The number of carbonyl (C=O) groups is 1. The SMILES string of the molecule is CC(C)CCC(C)NCCC1CCN(C(=O)OC(C)(C)C)C1. The van der Waals surface area contributed by atoms with E-state index in [0.29, 0.717) is 12.0 Å². The van der Waals surface area contributed by atoms with Crippen LogP contribution in [0.25, 0.3) is 0 Å². The summed E-state index contributed by atoms with van der Waals surface area (Å²) in [6, 6.07) is 0.589. The van der Waals surface area contributed by atoms with Crippen LogP contribution in [0, 0.1) is 11.8 Å². The number of nitrogens with zero attached hydrogens (tertiary/aromatic N) is 1. The van der Waals surface area contributed by atoms with Crippen molar-refractivity contribution in [3.63, 3.8) is 0 Å². The van der Waals surface area contributed by atoms with Crippen molar-refractivity contribution in [2.24, 2.45) is 11.8 Å². The summed E-state index contributed by atoms with van der Waals surface area (Å²) in [4.78, 5) is 13.9. The van der Waals surface area contributed by atoms with Gasteiger partial charge in [-0.2, -0.15) is 0 Å². The molecule has 0 aromatic heterocycles. The summed E-state index contributed by atoms with van der Waals surface area (Å²) in [5.41, 5.74) is -0.400. The fourth-order valence-electron chi connectivity index (χ4n) is 2.78. The molecule has 1 fully saturated rings. The van der Waals surface area contributed by atoms with Crippen molar-refractivity contribution in [2.75, 3.05) is 19.6 Å². The molecule has 0 aliphatic carbocycles. The minimum Gasteiger partial charge on any atom is -0.444 e. The molecule has 4 heteroatoms. The van der Waals surface area contributed by atoms with Crippen LogP contribution in [0.4, 0.5) is 4.79 Å². The van der Waals surface area contributed by atoms with Crippen molar-refractivity contribution in [3.05, 3.63) is 0 Å². The predicted octanol–water partition coefficient (Wildman–Crippen LogP) is 4.05. The van der Waals surface area contributed by atoms with E-state index >= 15 is 0 Å². The largest absolute Gasteiger partial charge is 0.444 e. The van der Waals surface area contributed by atoms with Gasteiger partial charge < -0.3 is 15.0 Å². The van der Waals surface area contributed by atoms with E-state index < -0.39 is 5.60 Å². The molecular weight excluding hydrogens is 276 g/mol. The summed E-state index contributed by atoms with van der Waals surface area (Å²) in [5.74, 6) is 1.39. The van der Waals surface area contributed by atoms with E-state index in [0.717, 1.165) is 38.4 Å². The molecule has 1 aliphatic rings. The summed E-state index contributed by atoms with van der Waals surface area (Å²) >= 11 is 0. The number of likely N-dealkylation sites (tertiary alicyclic amines) is 1. The highest BCUT2D eigenvalue weighted by molar-refractivity contribution is 5.68. The molecule has 4 nitrogen and oxygen atoms in total. The molecule has 1 N–H and O–H groups in total. The average molecular weight is 312 g/mol. The van der Waals surface area contributed by atoms with Gasteiger partial charge in [-0.25, -0.2) is 4.79 Å². The van der Waals surface area contributed by atoms with Gasteiger partial charge in [-0.1, -0.05) is 13.8 Å². The van der Waals surface area contributed by atoms with Crippen LogP contribution in [0.15, 0.2) is 0 Å². The van der Waals surface area contributed by atoms with Gasteiger partial charge in [-0.15, -0.1) is 0 Å². The van der Waals surface area contributed by atoms with Gasteiger partial charge in [0.25, 0.3) is 0 Å². The quantitative estimate of drug-likeness (QED) is 0.771. The maximum Gasteiger partial charge on any atom is 0.410 e. The Morgan fingerprint density at radius 3 is 2.55 bits per heavy atom. The molecular formula is C18H36N2O2. The van der Waals surface area contributed by atoms with Crippen LogP contribution in [-0.4, -0.2) is 42.3 Å². The highest BCUT2D eigenvalue weighted by Gasteiger charge is 2.29. The number of amides is 1. The Balaban J connectivity index is 2.18. The second-order valence-electron chi connectivity index (χ2n) is 8.20. The topological polar surface area (TPSA) is 41.6 Å². The van der Waals surface area contributed by atoms with Crippen LogP contribution in [0.2, 0.25) is 0 Å². The summed E-state index contributed by atoms with van der Waals surface area (Å²) in [6.07, 6.45) is 4.61. The minimum atomic E-state index is -0.400. The average Bonchev–Trinajstić information content (AvgIpc) is 2.83. The second kappa shape index (κ2) is 8.76. The highest BCUT2D eigenvalue weighted by atomic mass is 16.6. The lowest BCUT2D eigenvalue weighted by Crippen LogP contribution is -2.35. The van der Waals surface area contributed by atoms with E-state index in [2.05, 4.69) is 26.1 Å². The normalized spacial score (nSPS) is 20.5. The molecule has 0 saturated carbocycles. The van der Waals surface area contributed by atoms with Crippen LogP contribution in [0.5, 0.6) is 0 Å². The van der Waals surface area contributed by atoms with Crippen molar-refractivity contribution in [1.82, 2.24) is 10.2 Å². The van der Waals surface area contributed by atoms with Crippen LogP contribution in [-0.2, 0) is 4.74 Å². The van der Waals surface area contributed by atoms with E-state index in [4.69, 9.17) is 4.74 Å². The molecule has 1 saturated heterocycles. The van der Waals surface area contributed by atoms with Crippen molar-refractivity contribution < 1.29 is 9.53 Å². The molecule has 0 spiro atoms. The smallest absolute Gasteiger partial charge is 0.410 e. The molecule has 1 amide bonds. The molecule has 22 heavy (non-hydrogen) atoms. The Kier molecular flexibility index (Phi) is 7.67. The number of hydrogen-bond donors (Lipinski definition) is 1. The van der Waals surface area contributed by atoms with Gasteiger partial charge in [-0.05, 0) is 71.8 Å².